The Morgan fingerprint density at radius 1 is 1.21 bits per heavy atom. The number of nitrogens with one attached hydrogen (secondary N) is 1. The number of carbonyl (C=O) groups excluding carboxylic acids is 1. The number of anilines is 1. The second-order valence-corrected chi connectivity index (χ2v) is 7.25. The monoisotopic (exact) mass is 380 g/mol. The predicted molar refractivity (Wildman–Crippen MR) is 106 cm³/mol. The maximum absolute atomic E-state index is 13.2. The fourth-order valence-electron chi connectivity index (χ4n) is 3.28. The largest absolute Gasteiger partial charge is 0.484 e. The number of halogens is 1. The Morgan fingerprint density at radius 2 is 2.04 bits per heavy atom. The smallest absolute Gasteiger partial charge is 0.262 e. The highest BCUT2D eigenvalue weighted by molar-refractivity contribution is 5.92. The van der Waals surface area contributed by atoms with Crippen LogP contribution in [0.3, 0.4) is 0 Å². The van der Waals surface area contributed by atoms with Gasteiger partial charge in [-0.25, -0.2) is 4.39 Å². The highest BCUT2D eigenvalue weighted by Crippen LogP contribution is 2.32. The van der Waals surface area contributed by atoms with Crippen LogP contribution in [0, 0.1) is 18.7 Å². The number of hydrogen-bond donors (Lipinski definition) is 1. The van der Waals surface area contributed by atoms with E-state index in [0.717, 1.165) is 29.3 Å². The molecule has 0 saturated heterocycles. The van der Waals surface area contributed by atoms with Crippen LogP contribution in [-0.2, 0) is 11.3 Å². The molecule has 2 aromatic carbocycles. The first kappa shape index (κ1) is 18.2. The van der Waals surface area contributed by atoms with E-state index in [2.05, 4.69) is 5.32 Å². The molecule has 1 saturated carbocycles. The standard InChI is InChI=1S/C22H21FN2O3/c1-14-9-22(27)25(12-15-5-6-15)20-11-18(7-8-19(14)20)28-13-21(26)24-17-4-2-3-16(23)10-17/h2-4,7-11,15H,5-6,12-13H2,1H3,(H,24,26). The number of carbonyl (C=O) groups is 1. The highest BCUT2D eigenvalue weighted by atomic mass is 19.1. The van der Waals surface area contributed by atoms with Crippen molar-refractivity contribution in [3.05, 3.63) is 70.3 Å². The summed E-state index contributed by atoms with van der Waals surface area (Å²) < 4.78 is 20.6. The van der Waals surface area contributed by atoms with E-state index in [0.29, 0.717) is 23.9 Å². The Kier molecular flexibility index (Phi) is 4.86. The van der Waals surface area contributed by atoms with Gasteiger partial charge in [0.2, 0.25) is 0 Å². The topological polar surface area (TPSA) is 60.3 Å². The van der Waals surface area contributed by atoms with E-state index < -0.39 is 5.82 Å². The Morgan fingerprint density at radius 3 is 2.79 bits per heavy atom. The van der Waals surface area contributed by atoms with Crippen molar-refractivity contribution in [2.45, 2.75) is 26.3 Å². The molecule has 0 radical (unpaired) electrons. The van der Waals surface area contributed by atoms with Gasteiger partial charge >= 0.3 is 0 Å². The summed E-state index contributed by atoms with van der Waals surface area (Å²) in [5.41, 5.74) is 2.10. The van der Waals surface area contributed by atoms with Gasteiger partial charge in [0, 0.05) is 29.8 Å². The molecule has 0 spiro atoms. The molecule has 6 heteroatoms. The molecular formula is C22H21FN2O3. The molecule has 1 aliphatic rings. The Hall–Kier alpha value is -3.15. The minimum absolute atomic E-state index is 0.0158. The van der Waals surface area contributed by atoms with Crippen molar-refractivity contribution in [1.29, 1.82) is 0 Å². The van der Waals surface area contributed by atoms with Gasteiger partial charge in [-0.05, 0) is 61.6 Å². The minimum Gasteiger partial charge on any atom is -0.484 e. The summed E-state index contributed by atoms with van der Waals surface area (Å²) >= 11 is 0. The number of pyridine rings is 1. The lowest BCUT2D eigenvalue weighted by Gasteiger charge is -2.14. The fraction of sp³-hybridized carbons (Fsp3) is 0.273. The van der Waals surface area contributed by atoms with Gasteiger partial charge in [0.15, 0.2) is 6.61 Å². The Bertz CT molecular complexity index is 1100. The van der Waals surface area contributed by atoms with Crippen molar-refractivity contribution in [2.75, 3.05) is 11.9 Å². The average Bonchev–Trinajstić information content (AvgIpc) is 3.47. The molecule has 0 bridgehead atoms. The number of aryl methyl sites for hydroxylation is 1. The molecule has 0 aliphatic heterocycles. The molecule has 1 aliphatic carbocycles. The first-order valence-electron chi connectivity index (χ1n) is 9.32. The SMILES string of the molecule is Cc1cc(=O)n(CC2CC2)c2cc(OCC(=O)Nc3cccc(F)c3)ccc12. The van der Waals surface area contributed by atoms with Crippen molar-refractivity contribution < 1.29 is 13.9 Å². The summed E-state index contributed by atoms with van der Waals surface area (Å²) in [6, 6.07) is 12.9. The summed E-state index contributed by atoms with van der Waals surface area (Å²) in [5, 5.41) is 3.59. The van der Waals surface area contributed by atoms with Crippen LogP contribution in [-0.4, -0.2) is 17.1 Å². The van der Waals surface area contributed by atoms with E-state index in [9.17, 15) is 14.0 Å². The number of benzene rings is 2. The highest BCUT2D eigenvalue weighted by Gasteiger charge is 2.23. The molecule has 3 aromatic rings. The van der Waals surface area contributed by atoms with Crippen LogP contribution in [0.1, 0.15) is 18.4 Å². The third kappa shape index (κ3) is 4.06. The van der Waals surface area contributed by atoms with Crippen LogP contribution >= 0.6 is 0 Å². The second-order valence-electron chi connectivity index (χ2n) is 7.25. The van der Waals surface area contributed by atoms with Gasteiger partial charge in [-0.15, -0.1) is 0 Å². The van der Waals surface area contributed by atoms with Crippen LogP contribution in [0.25, 0.3) is 10.9 Å². The Labute approximate surface area is 161 Å². The molecule has 0 unspecified atom stereocenters. The quantitative estimate of drug-likeness (QED) is 0.706. The zero-order chi connectivity index (χ0) is 19.7. The third-order valence-corrected chi connectivity index (χ3v) is 4.91. The van der Waals surface area contributed by atoms with E-state index in [-0.39, 0.29) is 18.1 Å². The van der Waals surface area contributed by atoms with Crippen LogP contribution < -0.4 is 15.6 Å². The van der Waals surface area contributed by atoms with Gasteiger partial charge in [-0.2, -0.15) is 0 Å². The zero-order valence-corrected chi connectivity index (χ0v) is 15.6. The van der Waals surface area contributed by atoms with Gasteiger partial charge in [-0.1, -0.05) is 6.07 Å². The summed E-state index contributed by atoms with van der Waals surface area (Å²) in [6.07, 6.45) is 2.30. The number of ether oxygens (including phenoxy) is 1. The molecule has 4 rings (SSSR count). The Balaban J connectivity index is 1.52. The van der Waals surface area contributed by atoms with Gasteiger partial charge in [-0.3, -0.25) is 9.59 Å². The molecule has 0 atom stereocenters. The minimum atomic E-state index is -0.419. The number of nitrogens with zero attached hydrogens (tertiary/aromatic N) is 1. The van der Waals surface area contributed by atoms with Crippen molar-refractivity contribution in [2.24, 2.45) is 5.92 Å². The van der Waals surface area contributed by atoms with Gasteiger partial charge < -0.3 is 14.6 Å². The average molecular weight is 380 g/mol. The number of fused-ring (bicyclic) bond motifs is 1. The molecule has 1 N–H and O–H groups in total. The maximum atomic E-state index is 13.2. The molecule has 1 fully saturated rings. The number of hydrogen-bond acceptors (Lipinski definition) is 3. The van der Waals surface area contributed by atoms with E-state index in [1.54, 1.807) is 22.8 Å². The molecule has 144 valence electrons. The lowest BCUT2D eigenvalue weighted by atomic mass is 10.1. The fourth-order valence-corrected chi connectivity index (χ4v) is 3.28. The van der Waals surface area contributed by atoms with Crippen molar-refractivity contribution in [1.82, 2.24) is 4.57 Å². The normalized spacial score (nSPS) is 13.5. The van der Waals surface area contributed by atoms with Gasteiger partial charge in [0.25, 0.3) is 11.5 Å². The molecule has 1 amide bonds. The molecule has 5 nitrogen and oxygen atoms in total. The molecular weight excluding hydrogens is 359 g/mol. The maximum Gasteiger partial charge on any atom is 0.262 e. The zero-order valence-electron chi connectivity index (χ0n) is 15.6. The van der Waals surface area contributed by atoms with Crippen LogP contribution in [0.15, 0.2) is 53.3 Å². The van der Waals surface area contributed by atoms with E-state index in [1.165, 1.54) is 18.2 Å². The van der Waals surface area contributed by atoms with Crippen molar-refractivity contribution in [3.63, 3.8) is 0 Å². The third-order valence-electron chi connectivity index (χ3n) is 4.91. The molecule has 1 heterocycles. The number of amides is 1. The lowest BCUT2D eigenvalue weighted by Crippen LogP contribution is -2.22. The number of aromatic nitrogens is 1. The summed E-state index contributed by atoms with van der Waals surface area (Å²) in [5.74, 6) is 0.268. The first-order valence-corrected chi connectivity index (χ1v) is 9.32. The van der Waals surface area contributed by atoms with Crippen LogP contribution in [0.2, 0.25) is 0 Å². The van der Waals surface area contributed by atoms with E-state index in [1.807, 2.05) is 19.1 Å². The van der Waals surface area contributed by atoms with Gasteiger partial charge in [0.1, 0.15) is 11.6 Å². The van der Waals surface area contributed by atoms with Crippen molar-refractivity contribution in [3.8, 4) is 5.75 Å². The lowest BCUT2D eigenvalue weighted by molar-refractivity contribution is -0.118. The number of rotatable bonds is 6. The second kappa shape index (κ2) is 7.46. The molecule has 1 aromatic heterocycles. The van der Waals surface area contributed by atoms with Crippen molar-refractivity contribution >= 4 is 22.5 Å². The summed E-state index contributed by atoms with van der Waals surface area (Å²) in [6.45, 7) is 2.41. The summed E-state index contributed by atoms with van der Waals surface area (Å²) in [4.78, 5) is 24.5. The first-order chi connectivity index (χ1) is 13.5. The molecule has 28 heavy (non-hydrogen) atoms. The van der Waals surface area contributed by atoms with Crippen LogP contribution in [0.4, 0.5) is 10.1 Å². The van der Waals surface area contributed by atoms with Gasteiger partial charge in [0.05, 0.1) is 5.52 Å². The predicted octanol–water partition coefficient (Wildman–Crippen LogP) is 3.88. The summed E-state index contributed by atoms with van der Waals surface area (Å²) in [7, 11) is 0. The van der Waals surface area contributed by atoms with Crippen LogP contribution in [0.5, 0.6) is 5.75 Å². The van der Waals surface area contributed by atoms with E-state index in [4.69, 9.17) is 4.74 Å². The van der Waals surface area contributed by atoms with E-state index >= 15 is 0 Å².